The largest absolute Gasteiger partial charge is 0.417 e. The zero-order chi connectivity index (χ0) is 21.6. The van der Waals surface area contributed by atoms with Gasteiger partial charge >= 0.3 is 6.18 Å². The van der Waals surface area contributed by atoms with Gasteiger partial charge in [0.05, 0.1) is 11.1 Å². The Bertz CT molecular complexity index is 1050. The second-order valence-electron chi connectivity index (χ2n) is 6.51. The number of carbonyl (C=O) groups is 1. The Morgan fingerprint density at radius 1 is 1.06 bits per heavy atom. The summed E-state index contributed by atoms with van der Waals surface area (Å²) in [5.41, 5.74) is 1.20. The van der Waals surface area contributed by atoms with Crippen LogP contribution in [0.4, 0.5) is 24.5 Å². The Labute approximate surface area is 184 Å². The summed E-state index contributed by atoms with van der Waals surface area (Å²) >= 11 is 0. The predicted molar refractivity (Wildman–Crippen MR) is 119 cm³/mol. The summed E-state index contributed by atoms with van der Waals surface area (Å²) in [6.07, 6.45) is 1.73. The molecule has 0 atom stereocenters. The first-order valence-corrected chi connectivity index (χ1v) is 9.25. The monoisotopic (exact) mass is 447 g/mol. The lowest BCUT2D eigenvalue weighted by Crippen LogP contribution is -2.16. The Hall–Kier alpha value is -3.32. The van der Waals surface area contributed by atoms with Gasteiger partial charge in [0, 0.05) is 30.3 Å². The number of amides is 1. The van der Waals surface area contributed by atoms with E-state index in [2.05, 4.69) is 15.6 Å². The first kappa shape index (κ1) is 24.0. The third-order valence-corrected chi connectivity index (χ3v) is 4.37. The summed E-state index contributed by atoms with van der Waals surface area (Å²) in [6.45, 7) is 2.12. The van der Waals surface area contributed by atoms with Crippen molar-refractivity contribution in [1.82, 2.24) is 4.98 Å². The average Bonchev–Trinajstić information content (AvgIpc) is 2.73. The van der Waals surface area contributed by atoms with Gasteiger partial charge < -0.3 is 10.6 Å². The minimum atomic E-state index is -4.53. The molecule has 0 fully saturated rings. The number of alkyl halides is 3. The number of hydrogen-bond acceptors (Lipinski definition) is 3. The summed E-state index contributed by atoms with van der Waals surface area (Å²) in [6, 6.07) is 14.3. The lowest BCUT2D eigenvalue weighted by Gasteiger charge is -2.15. The molecule has 3 aromatic rings. The highest BCUT2D eigenvalue weighted by Gasteiger charge is 2.33. The van der Waals surface area contributed by atoms with Gasteiger partial charge in [-0.05, 0) is 54.4 Å². The van der Waals surface area contributed by atoms with Crippen LogP contribution in [0.25, 0.3) is 6.08 Å². The fraction of sp³-hybridized carbons (Fsp3) is 0.130. The molecular formula is C23H21ClF3N3O. The molecular weight excluding hydrogens is 427 g/mol. The number of allylic oxidation sites excluding steroid dienone is 1. The van der Waals surface area contributed by atoms with Gasteiger partial charge in [-0.2, -0.15) is 13.2 Å². The maximum absolute atomic E-state index is 13.4. The second-order valence-corrected chi connectivity index (χ2v) is 6.51. The number of carbonyl (C=O) groups excluding carboxylic acids is 1. The van der Waals surface area contributed by atoms with Crippen molar-refractivity contribution in [3.05, 3.63) is 95.3 Å². The highest BCUT2D eigenvalue weighted by Crippen LogP contribution is 2.34. The van der Waals surface area contributed by atoms with Crippen molar-refractivity contribution in [3.63, 3.8) is 0 Å². The van der Waals surface area contributed by atoms with Crippen LogP contribution < -0.4 is 10.6 Å². The van der Waals surface area contributed by atoms with E-state index in [1.165, 1.54) is 24.3 Å². The van der Waals surface area contributed by atoms with Crippen LogP contribution in [-0.2, 0) is 12.7 Å². The maximum atomic E-state index is 13.4. The first-order chi connectivity index (χ1) is 14.4. The average molecular weight is 448 g/mol. The van der Waals surface area contributed by atoms with Crippen LogP contribution in [0.5, 0.6) is 0 Å². The smallest absolute Gasteiger partial charge is 0.380 e. The van der Waals surface area contributed by atoms with Crippen molar-refractivity contribution in [1.29, 1.82) is 0 Å². The van der Waals surface area contributed by atoms with Crippen molar-refractivity contribution >= 4 is 35.8 Å². The molecule has 162 valence electrons. The maximum Gasteiger partial charge on any atom is 0.417 e. The van der Waals surface area contributed by atoms with E-state index >= 15 is 0 Å². The molecule has 0 aliphatic carbocycles. The quantitative estimate of drug-likeness (QED) is 0.458. The molecule has 1 aromatic heterocycles. The Morgan fingerprint density at radius 2 is 1.77 bits per heavy atom. The van der Waals surface area contributed by atoms with Gasteiger partial charge in [0.15, 0.2) is 0 Å². The second kappa shape index (κ2) is 10.6. The van der Waals surface area contributed by atoms with Crippen LogP contribution in [0.2, 0.25) is 0 Å². The normalized spacial score (nSPS) is 11.1. The molecule has 0 saturated carbocycles. The number of aromatic nitrogens is 1. The van der Waals surface area contributed by atoms with E-state index in [0.29, 0.717) is 17.8 Å². The van der Waals surface area contributed by atoms with Crippen LogP contribution in [0.3, 0.4) is 0 Å². The molecule has 2 aromatic carbocycles. The molecule has 0 saturated heterocycles. The minimum Gasteiger partial charge on any atom is -0.380 e. The summed E-state index contributed by atoms with van der Waals surface area (Å²) in [5, 5.41) is 5.75. The van der Waals surface area contributed by atoms with Crippen LogP contribution >= 0.6 is 12.4 Å². The van der Waals surface area contributed by atoms with Crippen molar-refractivity contribution < 1.29 is 18.0 Å². The Balaban J connectivity index is 0.00000341. The molecule has 4 nitrogen and oxygen atoms in total. The third-order valence-electron chi connectivity index (χ3n) is 4.37. The number of nitrogens with one attached hydrogen (secondary N) is 2. The number of nitrogens with zero attached hydrogens (tertiary/aromatic N) is 1. The van der Waals surface area contributed by atoms with Gasteiger partial charge in [0.2, 0.25) is 0 Å². The number of halogens is 4. The third kappa shape index (κ3) is 6.33. The molecule has 0 unspecified atom stereocenters. The molecule has 0 radical (unpaired) electrons. The van der Waals surface area contributed by atoms with Gasteiger partial charge in [0.25, 0.3) is 5.91 Å². The Kier molecular flexibility index (Phi) is 8.22. The molecule has 0 spiro atoms. The number of benzene rings is 2. The van der Waals surface area contributed by atoms with E-state index in [-0.39, 0.29) is 23.7 Å². The van der Waals surface area contributed by atoms with E-state index in [4.69, 9.17) is 0 Å². The van der Waals surface area contributed by atoms with E-state index in [1.807, 2.05) is 12.1 Å². The SMILES string of the molecule is CC=Cc1ccc(NC(=O)c2ccccc2NCc2ccncc2)cc1C(F)(F)F.Cl. The molecule has 3 rings (SSSR count). The molecule has 0 aliphatic rings. The van der Waals surface area contributed by atoms with E-state index in [0.717, 1.165) is 11.6 Å². The number of hydrogen-bond donors (Lipinski definition) is 2. The van der Waals surface area contributed by atoms with Gasteiger partial charge in [-0.3, -0.25) is 9.78 Å². The van der Waals surface area contributed by atoms with Gasteiger partial charge in [-0.15, -0.1) is 12.4 Å². The number of pyridine rings is 1. The zero-order valence-corrected chi connectivity index (χ0v) is 17.4. The predicted octanol–water partition coefficient (Wildman–Crippen LogP) is 6.42. The van der Waals surface area contributed by atoms with Crippen molar-refractivity contribution in [3.8, 4) is 0 Å². The molecule has 8 heteroatoms. The highest BCUT2D eigenvalue weighted by atomic mass is 35.5. The minimum absolute atomic E-state index is 0. The van der Waals surface area contributed by atoms with Crippen molar-refractivity contribution in [2.75, 3.05) is 10.6 Å². The standard InChI is InChI=1S/C23H20F3N3O.ClH/c1-2-5-17-8-9-18(14-20(17)23(24,25)26)29-22(30)19-6-3-4-7-21(19)28-15-16-10-12-27-13-11-16;/h2-14,28H,15H2,1H3,(H,29,30);1H. The number of rotatable bonds is 6. The molecule has 0 bridgehead atoms. The zero-order valence-electron chi connectivity index (χ0n) is 16.6. The summed E-state index contributed by atoms with van der Waals surface area (Å²) < 4.78 is 40.1. The van der Waals surface area contributed by atoms with E-state index < -0.39 is 17.6 Å². The summed E-state index contributed by atoms with van der Waals surface area (Å²) in [5.74, 6) is -0.500. The molecule has 1 heterocycles. The van der Waals surface area contributed by atoms with Crippen molar-refractivity contribution in [2.45, 2.75) is 19.6 Å². The topological polar surface area (TPSA) is 54.0 Å². The summed E-state index contributed by atoms with van der Waals surface area (Å²) in [7, 11) is 0. The van der Waals surface area contributed by atoms with Crippen LogP contribution in [-0.4, -0.2) is 10.9 Å². The van der Waals surface area contributed by atoms with Crippen LogP contribution in [0.1, 0.15) is 34.0 Å². The summed E-state index contributed by atoms with van der Waals surface area (Å²) in [4.78, 5) is 16.7. The molecule has 2 N–H and O–H groups in total. The fourth-order valence-electron chi connectivity index (χ4n) is 2.94. The van der Waals surface area contributed by atoms with Gasteiger partial charge in [-0.25, -0.2) is 0 Å². The van der Waals surface area contributed by atoms with Crippen molar-refractivity contribution in [2.24, 2.45) is 0 Å². The molecule has 1 amide bonds. The first-order valence-electron chi connectivity index (χ1n) is 9.25. The fourth-order valence-corrected chi connectivity index (χ4v) is 2.94. The molecule has 31 heavy (non-hydrogen) atoms. The lowest BCUT2D eigenvalue weighted by atomic mass is 10.0. The van der Waals surface area contributed by atoms with E-state index in [9.17, 15) is 18.0 Å². The number of para-hydroxylation sites is 1. The van der Waals surface area contributed by atoms with E-state index in [1.54, 1.807) is 43.6 Å². The lowest BCUT2D eigenvalue weighted by molar-refractivity contribution is -0.137. The highest BCUT2D eigenvalue weighted by molar-refractivity contribution is 6.08. The van der Waals surface area contributed by atoms with Crippen LogP contribution in [0.15, 0.2) is 73.1 Å². The van der Waals surface area contributed by atoms with Gasteiger partial charge in [0.1, 0.15) is 0 Å². The van der Waals surface area contributed by atoms with Crippen LogP contribution in [0, 0.1) is 0 Å². The number of anilines is 2. The van der Waals surface area contributed by atoms with Gasteiger partial charge in [-0.1, -0.05) is 30.4 Å². The Morgan fingerprint density at radius 3 is 2.45 bits per heavy atom. The molecule has 0 aliphatic heterocycles.